The Labute approximate surface area is 113 Å². The Bertz CT molecular complexity index is 426. The van der Waals surface area contributed by atoms with E-state index in [1.807, 2.05) is 12.1 Å². The van der Waals surface area contributed by atoms with Crippen molar-refractivity contribution in [3.8, 4) is 0 Å². The molecule has 3 saturated heterocycles. The third-order valence-corrected chi connectivity index (χ3v) is 5.39. The summed E-state index contributed by atoms with van der Waals surface area (Å²) in [5.41, 5.74) is 0. The number of carbonyl (C=O) groups is 1. The number of halogens is 1. The van der Waals surface area contributed by atoms with Gasteiger partial charge in [0.1, 0.15) is 0 Å². The lowest BCUT2D eigenvalue weighted by Gasteiger charge is -2.44. The number of hydrogen-bond acceptors (Lipinski definition) is 3. The normalized spacial score (nSPS) is 31.5. The Kier molecular flexibility index (Phi) is 3.23. The van der Waals surface area contributed by atoms with Crippen LogP contribution < -0.4 is 5.32 Å². The van der Waals surface area contributed by atoms with Crippen LogP contribution in [0.2, 0.25) is 0 Å². The van der Waals surface area contributed by atoms with Crippen LogP contribution in [-0.2, 0) is 0 Å². The lowest BCUT2D eigenvalue weighted by atomic mass is 9.81. The molecule has 1 N–H and O–H groups in total. The summed E-state index contributed by atoms with van der Waals surface area (Å²) < 4.78 is 1.01. The number of thiophene rings is 1. The van der Waals surface area contributed by atoms with E-state index in [0.717, 1.165) is 15.2 Å². The predicted octanol–water partition coefficient (Wildman–Crippen LogP) is 2.33. The van der Waals surface area contributed by atoms with Crippen molar-refractivity contribution in [2.75, 3.05) is 19.6 Å². The molecule has 3 aliphatic rings. The Balaban J connectivity index is 1.65. The van der Waals surface area contributed by atoms with Crippen LogP contribution in [0.25, 0.3) is 0 Å². The minimum atomic E-state index is 0.0828. The summed E-state index contributed by atoms with van der Waals surface area (Å²) in [7, 11) is 0. The van der Waals surface area contributed by atoms with E-state index < -0.39 is 0 Å². The van der Waals surface area contributed by atoms with Crippen LogP contribution in [0.5, 0.6) is 0 Å². The quantitative estimate of drug-likeness (QED) is 0.909. The topological polar surface area (TPSA) is 32.3 Å². The Morgan fingerprint density at radius 3 is 2.71 bits per heavy atom. The summed E-state index contributed by atoms with van der Waals surface area (Å²) in [5, 5.41) is 3.19. The predicted molar refractivity (Wildman–Crippen MR) is 72.4 cm³/mol. The third-order valence-electron chi connectivity index (χ3n) is 3.77. The molecule has 1 aromatic heterocycles. The monoisotopic (exact) mass is 313 g/mol. The molecule has 3 nitrogen and oxygen atoms in total. The maximum atomic E-state index is 12.1. The van der Waals surface area contributed by atoms with Crippen molar-refractivity contribution in [3.05, 3.63) is 20.8 Å². The van der Waals surface area contributed by atoms with Gasteiger partial charge in [0.2, 0.25) is 0 Å². The molecule has 0 aliphatic carbocycles. The second kappa shape index (κ2) is 4.71. The number of fused-ring (bicyclic) bond motifs is 3. The number of nitrogens with zero attached hydrogens (tertiary/aromatic N) is 1. The van der Waals surface area contributed by atoms with Crippen molar-refractivity contribution in [3.63, 3.8) is 0 Å². The van der Waals surface area contributed by atoms with Crippen LogP contribution in [0, 0.1) is 5.92 Å². The van der Waals surface area contributed by atoms with E-state index in [2.05, 4.69) is 26.1 Å². The maximum absolute atomic E-state index is 12.1. The first-order valence-corrected chi connectivity index (χ1v) is 7.62. The van der Waals surface area contributed by atoms with Gasteiger partial charge < -0.3 is 10.2 Å². The second-order valence-electron chi connectivity index (χ2n) is 4.82. The van der Waals surface area contributed by atoms with E-state index >= 15 is 0 Å². The minimum absolute atomic E-state index is 0.0828. The van der Waals surface area contributed by atoms with Gasteiger partial charge in [-0.3, -0.25) is 4.79 Å². The molecule has 4 heterocycles. The molecule has 1 atom stereocenters. The maximum Gasteiger partial charge on any atom is 0.261 e. The highest BCUT2D eigenvalue weighted by Gasteiger charge is 2.35. The van der Waals surface area contributed by atoms with Crippen molar-refractivity contribution in [1.29, 1.82) is 0 Å². The zero-order chi connectivity index (χ0) is 11.8. The lowest BCUT2D eigenvalue weighted by Crippen LogP contribution is -2.57. The van der Waals surface area contributed by atoms with Gasteiger partial charge in [0.05, 0.1) is 8.66 Å². The molecule has 17 heavy (non-hydrogen) atoms. The largest absolute Gasteiger partial charge is 0.347 e. The van der Waals surface area contributed by atoms with Crippen LogP contribution in [0.3, 0.4) is 0 Å². The van der Waals surface area contributed by atoms with Gasteiger partial charge in [-0.2, -0.15) is 0 Å². The molecular formula is C12H15BrN2OS. The van der Waals surface area contributed by atoms with Crippen molar-refractivity contribution < 1.29 is 4.79 Å². The Morgan fingerprint density at radius 1 is 1.41 bits per heavy atom. The number of carbonyl (C=O) groups excluding carboxylic acids is 1. The van der Waals surface area contributed by atoms with Crippen molar-refractivity contribution >= 4 is 33.2 Å². The second-order valence-corrected chi connectivity index (χ2v) is 7.28. The van der Waals surface area contributed by atoms with E-state index in [1.54, 1.807) is 0 Å². The average molecular weight is 314 g/mol. The molecule has 3 fully saturated rings. The summed E-state index contributed by atoms with van der Waals surface area (Å²) in [4.78, 5) is 15.3. The average Bonchev–Trinajstić information content (AvgIpc) is 2.77. The van der Waals surface area contributed by atoms with Gasteiger partial charge in [-0.1, -0.05) is 0 Å². The summed E-state index contributed by atoms with van der Waals surface area (Å²) in [6.07, 6.45) is 2.47. The Morgan fingerprint density at radius 2 is 2.18 bits per heavy atom. The zero-order valence-corrected chi connectivity index (χ0v) is 11.9. The lowest BCUT2D eigenvalue weighted by molar-refractivity contribution is 0.0622. The van der Waals surface area contributed by atoms with Gasteiger partial charge in [-0.25, -0.2) is 0 Å². The minimum Gasteiger partial charge on any atom is -0.347 e. The summed E-state index contributed by atoms with van der Waals surface area (Å²) in [6, 6.07) is 4.16. The molecule has 4 rings (SSSR count). The van der Waals surface area contributed by atoms with Gasteiger partial charge in [-0.15, -0.1) is 11.3 Å². The van der Waals surface area contributed by atoms with Gasteiger partial charge in [-0.05, 0) is 59.9 Å². The van der Waals surface area contributed by atoms with E-state index in [1.165, 1.54) is 37.3 Å². The highest BCUT2D eigenvalue weighted by molar-refractivity contribution is 9.11. The standard InChI is InChI=1S/C12H15BrN2OS/c13-11-2-1-10(17-11)12(16)14-9-7-15-5-3-8(9)4-6-15/h1-2,8-9H,3-7H2,(H,14,16)/t9-/m0/s1/i12-1. The van der Waals surface area contributed by atoms with E-state index in [4.69, 9.17) is 0 Å². The molecule has 1 aromatic rings. The molecule has 1 amide bonds. The molecule has 5 heteroatoms. The first-order chi connectivity index (χ1) is 8.22. The van der Waals surface area contributed by atoms with Crippen molar-refractivity contribution in [1.82, 2.24) is 10.2 Å². The highest BCUT2D eigenvalue weighted by atomic mass is 79.9. The summed E-state index contributed by atoms with van der Waals surface area (Å²) in [5.74, 6) is 0.770. The molecule has 0 spiro atoms. The van der Waals surface area contributed by atoms with Crippen LogP contribution in [0.1, 0.15) is 22.5 Å². The Hall–Kier alpha value is -0.390. The first-order valence-electron chi connectivity index (χ1n) is 6.01. The smallest absolute Gasteiger partial charge is 0.261 e. The number of rotatable bonds is 2. The molecular weight excluding hydrogens is 299 g/mol. The van der Waals surface area contributed by atoms with Crippen molar-refractivity contribution in [2.24, 2.45) is 5.92 Å². The van der Waals surface area contributed by atoms with E-state index in [-0.39, 0.29) is 5.91 Å². The third kappa shape index (κ3) is 2.41. The molecule has 0 aromatic carbocycles. The zero-order valence-electron chi connectivity index (χ0n) is 9.49. The SMILES string of the molecule is O=[11C](N[C@H]1CN2CCC1CC2)c1ccc(Br)s1. The summed E-state index contributed by atoms with van der Waals surface area (Å²) in [6.45, 7) is 3.45. The number of hydrogen-bond donors (Lipinski definition) is 1. The van der Waals surface area contributed by atoms with E-state index in [0.29, 0.717) is 12.0 Å². The fourth-order valence-corrected chi connectivity index (χ4v) is 4.09. The molecule has 92 valence electrons. The van der Waals surface area contributed by atoms with Crippen LogP contribution >= 0.6 is 27.3 Å². The fourth-order valence-electron chi connectivity index (χ4n) is 2.80. The first kappa shape index (κ1) is 11.7. The van der Waals surface area contributed by atoms with Crippen LogP contribution in [0.15, 0.2) is 15.9 Å². The number of piperidine rings is 3. The van der Waals surface area contributed by atoms with Crippen LogP contribution in [0.4, 0.5) is 0 Å². The summed E-state index contributed by atoms with van der Waals surface area (Å²) >= 11 is 4.88. The van der Waals surface area contributed by atoms with Gasteiger partial charge >= 0.3 is 0 Å². The van der Waals surface area contributed by atoms with E-state index in [9.17, 15) is 4.79 Å². The van der Waals surface area contributed by atoms with Crippen LogP contribution in [-0.4, -0.2) is 36.5 Å². The van der Waals surface area contributed by atoms with Gasteiger partial charge in [0, 0.05) is 12.6 Å². The number of nitrogens with one attached hydrogen (secondary N) is 1. The highest BCUT2D eigenvalue weighted by Crippen LogP contribution is 2.28. The molecule has 0 saturated carbocycles. The molecule has 0 radical (unpaired) electrons. The number of amides is 1. The van der Waals surface area contributed by atoms with Gasteiger partial charge in [0.15, 0.2) is 0 Å². The fraction of sp³-hybridized carbons (Fsp3) is 0.583. The van der Waals surface area contributed by atoms with Gasteiger partial charge in [0.25, 0.3) is 5.91 Å². The molecule has 0 unspecified atom stereocenters. The van der Waals surface area contributed by atoms with Crippen molar-refractivity contribution in [2.45, 2.75) is 18.9 Å². The molecule has 2 bridgehead atoms. The molecule has 3 aliphatic heterocycles.